The van der Waals surface area contributed by atoms with Crippen LogP contribution in [0.15, 0.2) is 18.2 Å². The van der Waals surface area contributed by atoms with Gasteiger partial charge in [-0.25, -0.2) is 13.2 Å². The highest BCUT2D eigenvalue weighted by molar-refractivity contribution is 7.92. The molecule has 1 aromatic rings. The molecule has 0 bridgehead atoms. The average Bonchev–Trinajstić information content (AvgIpc) is 2.53. The van der Waals surface area contributed by atoms with E-state index in [2.05, 4.69) is 0 Å². The third-order valence-corrected chi connectivity index (χ3v) is 5.54. The minimum Gasteiger partial charge on any atom is -0.494 e. The van der Waals surface area contributed by atoms with E-state index in [-0.39, 0.29) is 11.3 Å². The highest BCUT2D eigenvalue weighted by Crippen LogP contribution is 2.37. The topological polar surface area (TPSA) is 72.9 Å². The zero-order chi connectivity index (χ0) is 17.0. The van der Waals surface area contributed by atoms with Crippen LogP contribution in [0.4, 0.5) is 5.69 Å². The zero-order valence-corrected chi connectivity index (χ0v) is 14.4. The van der Waals surface area contributed by atoms with Crippen LogP contribution < -0.4 is 9.04 Å². The minimum absolute atomic E-state index is 0.0948. The van der Waals surface area contributed by atoms with Gasteiger partial charge in [0.15, 0.2) is 0 Å². The molecule has 1 saturated heterocycles. The van der Waals surface area contributed by atoms with Gasteiger partial charge in [0, 0.05) is 12.1 Å². The number of hydrogen-bond acceptors (Lipinski definition) is 5. The summed E-state index contributed by atoms with van der Waals surface area (Å²) in [5, 5.41) is 0. The fraction of sp³-hybridized carbons (Fsp3) is 0.438. The predicted octanol–water partition coefficient (Wildman–Crippen LogP) is 2.44. The number of rotatable bonds is 4. The molecule has 6 nitrogen and oxygen atoms in total. The molecule has 0 amide bonds. The summed E-state index contributed by atoms with van der Waals surface area (Å²) in [6.45, 7) is 2.21. The largest absolute Gasteiger partial charge is 0.494 e. The maximum Gasteiger partial charge on any atom is 0.337 e. The van der Waals surface area contributed by atoms with Crippen LogP contribution in [-0.4, -0.2) is 40.9 Å². The van der Waals surface area contributed by atoms with Crippen molar-refractivity contribution in [1.82, 2.24) is 0 Å². The Morgan fingerprint density at radius 3 is 2.57 bits per heavy atom. The first kappa shape index (κ1) is 17.3. The van der Waals surface area contributed by atoms with Crippen molar-refractivity contribution in [2.45, 2.75) is 19.8 Å². The monoisotopic (exact) mass is 339 g/mol. The van der Waals surface area contributed by atoms with Crippen LogP contribution in [0.25, 0.3) is 6.08 Å². The molecule has 1 aromatic carbocycles. The lowest BCUT2D eigenvalue weighted by molar-refractivity contribution is 0.0600. The third kappa shape index (κ3) is 3.50. The Balaban J connectivity index is 2.68. The normalized spacial score (nSPS) is 17.3. The molecule has 1 heterocycles. The molecule has 2 rings (SSSR count). The van der Waals surface area contributed by atoms with Crippen LogP contribution >= 0.6 is 0 Å². The van der Waals surface area contributed by atoms with Gasteiger partial charge >= 0.3 is 5.97 Å². The van der Waals surface area contributed by atoms with E-state index in [4.69, 9.17) is 9.47 Å². The van der Waals surface area contributed by atoms with Gasteiger partial charge in [0.1, 0.15) is 5.75 Å². The smallest absolute Gasteiger partial charge is 0.337 e. The fourth-order valence-electron chi connectivity index (χ4n) is 2.64. The van der Waals surface area contributed by atoms with Gasteiger partial charge in [0.2, 0.25) is 10.0 Å². The van der Waals surface area contributed by atoms with Crippen LogP contribution in [0.3, 0.4) is 0 Å². The minimum atomic E-state index is -3.41. The van der Waals surface area contributed by atoms with Crippen molar-refractivity contribution in [3.63, 3.8) is 0 Å². The second kappa shape index (κ2) is 7.04. The fourth-order valence-corrected chi connectivity index (χ4v) is 4.27. The van der Waals surface area contributed by atoms with Gasteiger partial charge in [-0.1, -0.05) is 12.2 Å². The Kier molecular flexibility index (Phi) is 5.30. The first-order valence-electron chi connectivity index (χ1n) is 7.38. The van der Waals surface area contributed by atoms with Crippen molar-refractivity contribution < 1.29 is 22.7 Å². The van der Waals surface area contributed by atoms with Crippen LogP contribution in [0.2, 0.25) is 0 Å². The summed E-state index contributed by atoms with van der Waals surface area (Å²) in [6.07, 6.45) is 4.97. The average molecular weight is 339 g/mol. The summed E-state index contributed by atoms with van der Waals surface area (Å²) >= 11 is 0. The van der Waals surface area contributed by atoms with Crippen molar-refractivity contribution in [3.8, 4) is 5.75 Å². The Bertz CT molecular complexity index is 724. The number of carbonyl (C=O) groups is 1. The number of nitrogens with zero attached hydrogens (tertiary/aromatic N) is 1. The lowest BCUT2D eigenvalue weighted by Gasteiger charge is -2.30. The highest BCUT2D eigenvalue weighted by atomic mass is 32.2. The SMILES string of the molecule is C/C=C/c1cc(C(=O)OC)cc(N2CCCCS2(=O)=O)c1OC. The molecule has 0 unspecified atom stereocenters. The maximum absolute atomic E-state index is 12.4. The molecular weight excluding hydrogens is 318 g/mol. The highest BCUT2D eigenvalue weighted by Gasteiger charge is 2.30. The summed E-state index contributed by atoms with van der Waals surface area (Å²) in [5.74, 6) is 0.00711. The van der Waals surface area contributed by atoms with E-state index in [1.165, 1.54) is 24.6 Å². The maximum atomic E-state index is 12.4. The lowest BCUT2D eigenvalue weighted by atomic mass is 10.1. The molecule has 1 aliphatic rings. The molecule has 0 spiro atoms. The number of carbonyl (C=O) groups excluding carboxylic acids is 1. The van der Waals surface area contributed by atoms with Crippen LogP contribution in [0.1, 0.15) is 35.7 Å². The van der Waals surface area contributed by atoms with E-state index < -0.39 is 16.0 Å². The Morgan fingerprint density at radius 2 is 2.00 bits per heavy atom. The lowest BCUT2D eigenvalue weighted by Crippen LogP contribution is -2.38. The number of hydrogen-bond donors (Lipinski definition) is 0. The molecule has 0 N–H and O–H groups in total. The Hall–Kier alpha value is -2.02. The molecule has 0 aliphatic carbocycles. The predicted molar refractivity (Wildman–Crippen MR) is 89.4 cm³/mol. The number of benzene rings is 1. The van der Waals surface area contributed by atoms with Crippen LogP contribution in [0, 0.1) is 0 Å². The molecule has 126 valence electrons. The van der Waals surface area contributed by atoms with Gasteiger partial charge in [-0.05, 0) is 31.9 Å². The van der Waals surface area contributed by atoms with Crippen LogP contribution in [-0.2, 0) is 14.8 Å². The number of ether oxygens (including phenoxy) is 2. The van der Waals surface area contributed by atoms with Crippen molar-refractivity contribution in [2.75, 3.05) is 30.8 Å². The number of sulfonamides is 1. The summed E-state index contributed by atoms with van der Waals surface area (Å²) in [5.41, 5.74) is 1.30. The molecular formula is C16H21NO5S. The van der Waals surface area contributed by atoms with Crippen molar-refractivity contribution in [2.24, 2.45) is 0 Å². The molecule has 0 saturated carbocycles. The molecule has 0 atom stereocenters. The Labute approximate surface area is 136 Å². The molecule has 7 heteroatoms. The van der Waals surface area contributed by atoms with E-state index in [1.807, 2.05) is 6.92 Å². The molecule has 23 heavy (non-hydrogen) atoms. The van der Waals surface area contributed by atoms with E-state index in [9.17, 15) is 13.2 Å². The van der Waals surface area contributed by atoms with E-state index in [0.29, 0.717) is 30.0 Å². The quantitative estimate of drug-likeness (QED) is 0.788. The van der Waals surface area contributed by atoms with E-state index >= 15 is 0 Å². The van der Waals surface area contributed by atoms with Gasteiger partial charge in [0.05, 0.1) is 31.2 Å². The van der Waals surface area contributed by atoms with Gasteiger partial charge < -0.3 is 9.47 Å². The zero-order valence-electron chi connectivity index (χ0n) is 13.5. The molecule has 0 radical (unpaired) electrons. The van der Waals surface area contributed by atoms with Gasteiger partial charge in [-0.2, -0.15) is 0 Å². The van der Waals surface area contributed by atoms with Gasteiger partial charge in [-0.3, -0.25) is 4.31 Å². The third-order valence-electron chi connectivity index (χ3n) is 3.69. The van der Waals surface area contributed by atoms with E-state index in [0.717, 1.165) is 6.42 Å². The van der Waals surface area contributed by atoms with Crippen molar-refractivity contribution in [1.29, 1.82) is 0 Å². The number of allylic oxidation sites excluding steroid dienone is 1. The van der Waals surface area contributed by atoms with Crippen molar-refractivity contribution in [3.05, 3.63) is 29.3 Å². The first-order chi connectivity index (χ1) is 10.9. The second-order valence-electron chi connectivity index (χ2n) is 5.20. The number of anilines is 1. The molecule has 1 aliphatic heterocycles. The van der Waals surface area contributed by atoms with E-state index in [1.54, 1.807) is 18.2 Å². The standard InChI is InChI=1S/C16H21NO5S/c1-4-7-12-10-13(16(18)22-3)11-14(15(12)21-2)17-8-5-6-9-23(17,19)20/h4,7,10-11H,5-6,8-9H2,1-3H3/b7-4+. The molecule has 0 aromatic heterocycles. The Morgan fingerprint density at radius 1 is 1.26 bits per heavy atom. The number of esters is 1. The number of methoxy groups -OCH3 is 2. The summed E-state index contributed by atoms with van der Waals surface area (Å²) in [6, 6.07) is 3.14. The second-order valence-corrected chi connectivity index (χ2v) is 7.22. The first-order valence-corrected chi connectivity index (χ1v) is 8.99. The summed E-state index contributed by atoms with van der Waals surface area (Å²) in [4.78, 5) is 11.9. The van der Waals surface area contributed by atoms with Gasteiger partial charge in [0.25, 0.3) is 0 Å². The summed E-state index contributed by atoms with van der Waals surface area (Å²) < 4.78 is 36.3. The van der Waals surface area contributed by atoms with Crippen molar-refractivity contribution >= 4 is 27.8 Å². The van der Waals surface area contributed by atoms with Crippen LogP contribution in [0.5, 0.6) is 5.75 Å². The molecule has 1 fully saturated rings. The summed E-state index contributed by atoms with van der Waals surface area (Å²) in [7, 11) is -0.636. The van der Waals surface area contributed by atoms with Gasteiger partial charge in [-0.15, -0.1) is 0 Å².